The SMILES string of the molecule is CCCNC(CSc1nnc(N(C)C)s1)C(C)C. The van der Waals surface area contributed by atoms with E-state index in [0.717, 1.165) is 21.8 Å². The van der Waals surface area contributed by atoms with E-state index < -0.39 is 0 Å². The Morgan fingerprint density at radius 2 is 2.06 bits per heavy atom. The fourth-order valence-electron chi connectivity index (χ4n) is 1.42. The summed E-state index contributed by atoms with van der Waals surface area (Å²) in [4.78, 5) is 2.00. The van der Waals surface area contributed by atoms with Crippen LogP contribution >= 0.6 is 23.1 Å². The van der Waals surface area contributed by atoms with Crippen molar-refractivity contribution in [1.82, 2.24) is 15.5 Å². The van der Waals surface area contributed by atoms with Crippen molar-refractivity contribution in [3.05, 3.63) is 0 Å². The average Bonchev–Trinajstić information content (AvgIpc) is 2.77. The van der Waals surface area contributed by atoms with E-state index in [1.165, 1.54) is 6.42 Å². The van der Waals surface area contributed by atoms with Gasteiger partial charge < -0.3 is 10.2 Å². The van der Waals surface area contributed by atoms with Gasteiger partial charge in [0.25, 0.3) is 0 Å². The van der Waals surface area contributed by atoms with Crippen molar-refractivity contribution in [2.24, 2.45) is 5.92 Å². The van der Waals surface area contributed by atoms with Gasteiger partial charge in [0.15, 0.2) is 4.34 Å². The zero-order valence-electron chi connectivity index (χ0n) is 11.9. The lowest BCUT2D eigenvalue weighted by molar-refractivity contribution is 0.434. The Bertz CT molecular complexity index is 339. The van der Waals surface area contributed by atoms with Crippen molar-refractivity contribution in [2.45, 2.75) is 37.6 Å². The second-order valence-corrected chi connectivity index (χ2v) is 7.08. The summed E-state index contributed by atoms with van der Waals surface area (Å²) in [6, 6.07) is 0.543. The first kappa shape index (κ1) is 15.7. The molecule has 1 atom stereocenters. The maximum absolute atomic E-state index is 4.21. The normalized spacial score (nSPS) is 13.0. The highest BCUT2D eigenvalue weighted by molar-refractivity contribution is 8.01. The lowest BCUT2D eigenvalue weighted by atomic mass is 10.1. The lowest BCUT2D eigenvalue weighted by Gasteiger charge is -2.21. The molecule has 1 heterocycles. The molecule has 0 aromatic carbocycles. The Kier molecular flexibility index (Phi) is 6.96. The third-order valence-corrected chi connectivity index (χ3v) is 4.97. The Morgan fingerprint density at radius 3 is 2.56 bits per heavy atom. The highest BCUT2D eigenvalue weighted by atomic mass is 32.2. The molecule has 0 amide bonds. The topological polar surface area (TPSA) is 41.1 Å². The molecular weight excluding hydrogens is 264 g/mol. The van der Waals surface area contributed by atoms with Gasteiger partial charge in [0.1, 0.15) is 0 Å². The van der Waals surface area contributed by atoms with Gasteiger partial charge in [-0.2, -0.15) is 0 Å². The van der Waals surface area contributed by atoms with E-state index in [9.17, 15) is 0 Å². The molecule has 1 rings (SSSR count). The average molecular weight is 288 g/mol. The molecule has 6 heteroatoms. The molecule has 0 aliphatic heterocycles. The number of hydrogen-bond acceptors (Lipinski definition) is 6. The van der Waals surface area contributed by atoms with E-state index in [1.54, 1.807) is 23.1 Å². The number of thioether (sulfide) groups is 1. The van der Waals surface area contributed by atoms with E-state index in [-0.39, 0.29) is 0 Å². The standard InChI is InChI=1S/C12H24N4S2/c1-6-7-13-10(9(2)3)8-17-12-15-14-11(18-12)16(4)5/h9-10,13H,6-8H2,1-5H3. The predicted octanol–water partition coefficient (Wildman–Crippen LogP) is 2.72. The van der Waals surface area contributed by atoms with Crippen LogP contribution in [0.3, 0.4) is 0 Å². The molecule has 18 heavy (non-hydrogen) atoms. The third kappa shape index (κ3) is 5.12. The summed E-state index contributed by atoms with van der Waals surface area (Å²) in [5.41, 5.74) is 0. The van der Waals surface area contributed by atoms with E-state index in [0.29, 0.717) is 12.0 Å². The van der Waals surface area contributed by atoms with Gasteiger partial charge in [-0.25, -0.2) is 0 Å². The predicted molar refractivity (Wildman–Crippen MR) is 81.9 cm³/mol. The van der Waals surface area contributed by atoms with Gasteiger partial charge in [-0.3, -0.25) is 0 Å². The van der Waals surface area contributed by atoms with Crippen molar-refractivity contribution < 1.29 is 0 Å². The Labute approximate surface area is 119 Å². The molecule has 0 aliphatic carbocycles. The molecule has 0 fully saturated rings. The van der Waals surface area contributed by atoms with Crippen LogP contribution in [0.2, 0.25) is 0 Å². The summed E-state index contributed by atoms with van der Waals surface area (Å²) in [6.45, 7) is 7.81. The van der Waals surface area contributed by atoms with E-state index in [1.807, 2.05) is 19.0 Å². The fourth-order valence-corrected chi connectivity index (χ4v) is 3.51. The summed E-state index contributed by atoms with van der Waals surface area (Å²) in [5.74, 6) is 1.70. The molecular formula is C12H24N4S2. The first-order valence-electron chi connectivity index (χ1n) is 6.41. The molecule has 104 valence electrons. The van der Waals surface area contributed by atoms with Gasteiger partial charge in [-0.15, -0.1) is 10.2 Å². The molecule has 1 N–H and O–H groups in total. The maximum atomic E-state index is 4.21. The molecule has 0 bridgehead atoms. The molecule has 1 unspecified atom stereocenters. The molecule has 1 aromatic heterocycles. The van der Waals surface area contributed by atoms with Gasteiger partial charge in [-0.1, -0.05) is 43.9 Å². The number of rotatable bonds is 8. The van der Waals surface area contributed by atoms with Gasteiger partial charge in [0.05, 0.1) is 0 Å². The molecule has 0 radical (unpaired) electrons. The summed E-state index contributed by atoms with van der Waals surface area (Å²) in [7, 11) is 3.99. The Balaban J connectivity index is 2.45. The second kappa shape index (κ2) is 7.96. The van der Waals surface area contributed by atoms with Crippen molar-refractivity contribution in [3.63, 3.8) is 0 Å². The monoisotopic (exact) mass is 288 g/mol. The molecule has 1 aromatic rings. The van der Waals surface area contributed by atoms with Crippen molar-refractivity contribution >= 4 is 28.2 Å². The summed E-state index contributed by atoms with van der Waals surface area (Å²) in [5, 5.41) is 12.9. The van der Waals surface area contributed by atoms with Crippen LogP contribution in [0.15, 0.2) is 4.34 Å². The molecule has 4 nitrogen and oxygen atoms in total. The summed E-state index contributed by atoms with van der Waals surface area (Å²) < 4.78 is 1.06. The van der Waals surface area contributed by atoms with E-state index in [2.05, 4.69) is 36.3 Å². The number of nitrogens with zero attached hydrogens (tertiary/aromatic N) is 3. The summed E-state index contributed by atoms with van der Waals surface area (Å²) >= 11 is 3.46. The molecule has 0 spiro atoms. The van der Waals surface area contributed by atoms with Crippen LogP contribution in [0.25, 0.3) is 0 Å². The van der Waals surface area contributed by atoms with Crippen molar-refractivity contribution in [2.75, 3.05) is 31.3 Å². The number of aromatic nitrogens is 2. The molecule has 0 aliphatic rings. The highest BCUT2D eigenvalue weighted by Crippen LogP contribution is 2.28. The second-order valence-electron chi connectivity index (χ2n) is 4.86. The minimum atomic E-state index is 0.543. The van der Waals surface area contributed by atoms with Gasteiger partial charge in [0.2, 0.25) is 5.13 Å². The van der Waals surface area contributed by atoms with Crippen LogP contribution in [-0.4, -0.2) is 42.6 Å². The van der Waals surface area contributed by atoms with Crippen LogP contribution in [0, 0.1) is 5.92 Å². The Hall–Kier alpha value is -0.330. The fraction of sp³-hybridized carbons (Fsp3) is 0.833. The van der Waals surface area contributed by atoms with Crippen molar-refractivity contribution in [3.8, 4) is 0 Å². The smallest absolute Gasteiger partial charge is 0.208 e. The van der Waals surface area contributed by atoms with Crippen LogP contribution in [0.5, 0.6) is 0 Å². The minimum Gasteiger partial charge on any atom is -0.353 e. The first-order valence-corrected chi connectivity index (χ1v) is 8.21. The van der Waals surface area contributed by atoms with Crippen LogP contribution in [0.1, 0.15) is 27.2 Å². The van der Waals surface area contributed by atoms with Crippen LogP contribution < -0.4 is 10.2 Å². The van der Waals surface area contributed by atoms with Crippen molar-refractivity contribution in [1.29, 1.82) is 0 Å². The third-order valence-electron chi connectivity index (χ3n) is 2.63. The van der Waals surface area contributed by atoms with Crippen LogP contribution in [0.4, 0.5) is 5.13 Å². The van der Waals surface area contributed by atoms with Gasteiger partial charge in [0, 0.05) is 25.9 Å². The molecule has 0 saturated carbocycles. The highest BCUT2D eigenvalue weighted by Gasteiger charge is 2.14. The Morgan fingerprint density at radius 1 is 1.33 bits per heavy atom. The summed E-state index contributed by atoms with van der Waals surface area (Å²) in [6.07, 6.45) is 1.18. The quantitative estimate of drug-likeness (QED) is 0.745. The van der Waals surface area contributed by atoms with E-state index >= 15 is 0 Å². The van der Waals surface area contributed by atoms with Crippen LogP contribution in [-0.2, 0) is 0 Å². The zero-order valence-corrected chi connectivity index (χ0v) is 13.6. The number of hydrogen-bond donors (Lipinski definition) is 1. The number of nitrogens with one attached hydrogen (secondary N) is 1. The lowest BCUT2D eigenvalue weighted by Crippen LogP contribution is -2.36. The first-order chi connectivity index (χ1) is 8.54. The zero-order chi connectivity index (χ0) is 13.5. The van der Waals surface area contributed by atoms with Gasteiger partial charge >= 0.3 is 0 Å². The maximum Gasteiger partial charge on any atom is 0.208 e. The largest absolute Gasteiger partial charge is 0.353 e. The van der Waals surface area contributed by atoms with E-state index in [4.69, 9.17) is 0 Å². The minimum absolute atomic E-state index is 0.543. The number of anilines is 1. The molecule has 0 saturated heterocycles. The van der Waals surface area contributed by atoms with Gasteiger partial charge in [-0.05, 0) is 18.9 Å².